The Morgan fingerprint density at radius 3 is 2.91 bits per heavy atom. The standard InChI is InChI=1S/C16H22N2O4/c1-21-14(11-6-7-11)16(20)18-8-2-5-13(18)15(19)17-10-12-4-3-9-22-12/h3-4,9,11,13-14H,2,5-8,10H2,1H3,(H,17,19). The highest BCUT2D eigenvalue weighted by Crippen LogP contribution is 2.36. The quantitative estimate of drug-likeness (QED) is 0.860. The Morgan fingerprint density at radius 2 is 2.27 bits per heavy atom. The van der Waals surface area contributed by atoms with E-state index >= 15 is 0 Å². The summed E-state index contributed by atoms with van der Waals surface area (Å²) in [7, 11) is 1.57. The lowest BCUT2D eigenvalue weighted by Crippen LogP contribution is -2.49. The van der Waals surface area contributed by atoms with Crippen LogP contribution >= 0.6 is 0 Å². The molecule has 1 N–H and O–H groups in total. The Kier molecular flexibility index (Phi) is 4.47. The molecule has 2 aliphatic rings. The van der Waals surface area contributed by atoms with Crippen molar-refractivity contribution in [2.75, 3.05) is 13.7 Å². The molecule has 2 heterocycles. The highest BCUT2D eigenvalue weighted by Gasteiger charge is 2.43. The molecule has 1 aliphatic carbocycles. The molecule has 1 saturated heterocycles. The number of nitrogens with zero attached hydrogens (tertiary/aromatic N) is 1. The Labute approximate surface area is 129 Å². The number of nitrogens with one attached hydrogen (secondary N) is 1. The number of rotatable bonds is 6. The summed E-state index contributed by atoms with van der Waals surface area (Å²) >= 11 is 0. The van der Waals surface area contributed by atoms with Crippen LogP contribution in [0.3, 0.4) is 0 Å². The van der Waals surface area contributed by atoms with Gasteiger partial charge in [0.25, 0.3) is 5.91 Å². The van der Waals surface area contributed by atoms with Gasteiger partial charge in [0, 0.05) is 13.7 Å². The summed E-state index contributed by atoms with van der Waals surface area (Å²) in [6, 6.07) is 3.20. The highest BCUT2D eigenvalue weighted by molar-refractivity contribution is 5.90. The lowest BCUT2D eigenvalue weighted by Gasteiger charge is -2.27. The van der Waals surface area contributed by atoms with Crippen LogP contribution in [0.25, 0.3) is 0 Å². The van der Waals surface area contributed by atoms with Crippen molar-refractivity contribution in [2.24, 2.45) is 5.92 Å². The van der Waals surface area contributed by atoms with Crippen molar-refractivity contribution in [3.63, 3.8) is 0 Å². The number of carbonyl (C=O) groups is 2. The van der Waals surface area contributed by atoms with Gasteiger partial charge in [0.2, 0.25) is 5.91 Å². The zero-order valence-corrected chi connectivity index (χ0v) is 12.8. The minimum absolute atomic E-state index is 0.0411. The molecule has 2 amide bonds. The van der Waals surface area contributed by atoms with Gasteiger partial charge in [0.15, 0.2) is 0 Å². The van der Waals surface area contributed by atoms with Gasteiger partial charge >= 0.3 is 0 Å². The molecule has 0 aromatic carbocycles. The van der Waals surface area contributed by atoms with E-state index in [2.05, 4.69) is 5.32 Å². The number of furan rings is 1. The van der Waals surface area contributed by atoms with E-state index in [1.807, 2.05) is 6.07 Å². The van der Waals surface area contributed by atoms with E-state index in [0.29, 0.717) is 31.2 Å². The van der Waals surface area contributed by atoms with Gasteiger partial charge in [-0.05, 0) is 43.7 Å². The average molecular weight is 306 g/mol. The molecule has 2 fully saturated rings. The van der Waals surface area contributed by atoms with Crippen molar-refractivity contribution in [1.82, 2.24) is 10.2 Å². The van der Waals surface area contributed by atoms with Crippen LogP contribution in [0.5, 0.6) is 0 Å². The largest absolute Gasteiger partial charge is 0.467 e. The topological polar surface area (TPSA) is 71.8 Å². The molecule has 0 radical (unpaired) electrons. The number of ether oxygens (including phenoxy) is 1. The van der Waals surface area contributed by atoms with Gasteiger partial charge in [-0.1, -0.05) is 0 Å². The third-order valence-corrected chi connectivity index (χ3v) is 4.40. The van der Waals surface area contributed by atoms with Gasteiger partial charge in [0.1, 0.15) is 17.9 Å². The first-order valence-electron chi connectivity index (χ1n) is 7.84. The third kappa shape index (κ3) is 3.16. The number of carbonyl (C=O) groups excluding carboxylic acids is 2. The first-order valence-corrected chi connectivity index (χ1v) is 7.84. The molecule has 1 aromatic heterocycles. The second kappa shape index (κ2) is 6.52. The number of likely N-dealkylation sites (tertiary alicyclic amines) is 1. The van der Waals surface area contributed by atoms with Crippen LogP contribution in [-0.4, -0.2) is 42.5 Å². The summed E-state index contributed by atoms with van der Waals surface area (Å²) in [5.74, 6) is 0.871. The van der Waals surface area contributed by atoms with Gasteiger partial charge < -0.3 is 19.4 Å². The Bertz CT molecular complexity index is 524. The van der Waals surface area contributed by atoms with E-state index in [1.165, 1.54) is 0 Å². The van der Waals surface area contributed by atoms with Gasteiger partial charge in [-0.25, -0.2) is 0 Å². The summed E-state index contributed by atoms with van der Waals surface area (Å²) < 4.78 is 10.6. The summed E-state index contributed by atoms with van der Waals surface area (Å²) in [4.78, 5) is 26.7. The van der Waals surface area contributed by atoms with E-state index < -0.39 is 6.10 Å². The fourth-order valence-electron chi connectivity index (χ4n) is 3.07. The lowest BCUT2D eigenvalue weighted by atomic mass is 10.1. The number of hydrogen-bond acceptors (Lipinski definition) is 4. The number of hydrogen-bond donors (Lipinski definition) is 1. The minimum Gasteiger partial charge on any atom is -0.467 e. The smallest absolute Gasteiger partial charge is 0.252 e. The van der Waals surface area contributed by atoms with Crippen molar-refractivity contribution in [3.8, 4) is 0 Å². The zero-order valence-electron chi connectivity index (χ0n) is 12.8. The maximum atomic E-state index is 12.6. The zero-order chi connectivity index (χ0) is 15.5. The molecule has 3 rings (SSSR count). The fourth-order valence-corrected chi connectivity index (χ4v) is 3.07. The van der Waals surface area contributed by atoms with Crippen LogP contribution in [0.4, 0.5) is 0 Å². The highest BCUT2D eigenvalue weighted by atomic mass is 16.5. The van der Waals surface area contributed by atoms with Crippen LogP contribution in [0.15, 0.2) is 22.8 Å². The molecule has 0 bridgehead atoms. The van der Waals surface area contributed by atoms with Gasteiger partial charge in [-0.2, -0.15) is 0 Å². The summed E-state index contributed by atoms with van der Waals surface area (Å²) in [5.41, 5.74) is 0. The monoisotopic (exact) mass is 306 g/mol. The SMILES string of the molecule is COC(C(=O)N1CCCC1C(=O)NCc1ccco1)C1CC1. The van der Waals surface area contributed by atoms with E-state index in [0.717, 1.165) is 19.3 Å². The first kappa shape index (κ1) is 15.1. The molecular formula is C16H22N2O4. The number of amides is 2. The van der Waals surface area contributed by atoms with Gasteiger partial charge in [0.05, 0.1) is 12.8 Å². The average Bonchev–Trinajstić information content (AvgIpc) is 3.05. The second-order valence-corrected chi connectivity index (χ2v) is 5.98. The molecular weight excluding hydrogens is 284 g/mol. The predicted molar refractivity (Wildman–Crippen MR) is 78.8 cm³/mol. The van der Waals surface area contributed by atoms with Gasteiger partial charge in [-0.3, -0.25) is 9.59 Å². The van der Waals surface area contributed by atoms with E-state index in [-0.39, 0.29) is 17.9 Å². The van der Waals surface area contributed by atoms with E-state index in [4.69, 9.17) is 9.15 Å². The van der Waals surface area contributed by atoms with Crippen LogP contribution in [0.2, 0.25) is 0 Å². The van der Waals surface area contributed by atoms with E-state index in [9.17, 15) is 9.59 Å². The van der Waals surface area contributed by atoms with Crippen molar-refractivity contribution in [2.45, 2.75) is 44.4 Å². The predicted octanol–water partition coefficient (Wildman–Crippen LogP) is 1.31. The van der Waals surface area contributed by atoms with Crippen LogP contribution in [-0.2, 0) is 20.9 Å². The van der Waals surface area contributed by atoms with Crippen molar-refractivity contribution < 1.29 is 18.7 Å². The van der Waals surface area contributed by atoms with Crippen LogP contribution in [0, 0.1) is 5.92 Å². The first-order chi connectivity index (χ1) is 10.7. The molecule has 6 heteroatoms. The maximum absolute atomic E-state index is 12.6. The molecule has 1 saturated carbocycles. The normalized spacial score (nSPS) is 22.6. The Balaban J connectivity index is 1.59. The summed E-state index contributed by atoms with van der Waals surface area (Å²) in [6.07, 6.45) is 4.81. The number of methoxy groups -OCH3 is 1. The molecule has 22 heavy (non-hydrogen) atoms. The molecule has 120 valence electrons. The molecule has 2 atom stereocenters. The summed E-state index contributed by atoms with van der Waals surface area (Å²) in [6.45, 7) is 0.977. The minimum atomic E-state index is -0.390. The Morgan fingerprint density at radius 1 is 1.45 bits per heavy atom. The van der Waals surface area contributed by atoms with Crippen LogP contribution in [0.1, 0.15) is 31.4 Å². The van der Waals surface area contributed by atoms with Gasteiger partial charge in [-0.15, -0.1) is 0 Å². The molecule has 1 aromatic rings. The lowest BCUT2D eigenvalue weighted by molar-refractivity contribution is -0.147. The summed E-state index contributed by atoms with van der Waals surface area (Å²) in [5, 5.41) is 2.85. The van der Waals surface area contributed by atoms with Crippen molar-refractivity contribution in [3.05, 3.63) is 24.2 Å². The van der Waals surface area contributed by atoms with Crippen molar-refractivity contribution in [1.29, 1.82) is 0 Å². The molecule has 1 aliphatic heterocycles. The molecule has 6 nitrogen and oxygen atoms in total. The van der Waals surface area contributed by atoms with E-state index in [1.54, 1.807) is 24.3 Å². The fraction of sp³-hybridized carbons (Fsp3) is 0.625. The maximum Gasteiger partial charge on any atom is 0.252 e. The second-order valence-electron chi connectivity index (χ2n) is 5.98. The third-order valence-electron chi connectivity index (χ3n) is 4.40. The van der Waals surface area contributed by atoms with Crippen molar-refractivity contribution >= 4 is 11.8 Å². The van der Waals surface area contributed by atoms with Crippen LogP contribution < -0.4 is 5.32 Å². The molecule has 2 unspecified atom stereocenters. The molecule has 0 spiro atoms. The Hall–Kier alpha value is -1.82.